The number of nitrogens with zero attached hydrogens (tertiary/aromatic N) is 2. The molecular weight excluding hydrogens is 659 g/mol. The van der Waals surface area contributed by atoms with Gasteiger partial charge in [0.05, 0.1) is 28.5 Å². The van der Waals surface area contributed by atoms with Gasteiger partial charge in [0.2, 0.25) is 17.7 Å². The van der Waals surface area contributed by atoms with Crippen LogP contribution in [-0.2, 0) is 22.6 Å². The summed E-state index contributed by atoms with van der Waals surface area (Å²) in [7, 11) is 1.61. The molecule has 9 nitrogen and oxygen atoms in total. The topological polar surface area (TPSA) is 117 Å². The third kappa shape index (κ3) is 7.31. The lowest BCUT2D eigenvalue weighted by molar-refractivity contribution is -0.120. The fourth-order valence-electron chi connectivity index (χ4n) is 7.22. The van der Waals surface area contributed by atoms with Crippen LogP contribution in [0.15, 0.2) is 60.8 Å². The van der Waals surface area contributed by atoms with Crippen LogP contribution in [0.25, 0.3) is 33.6 Å². The van der Waals surface area contributed by atoms with E-state index < -0.39 is 0 Å². The highest BCUT2D eigenvalue weighted by Gasteiger charge is 2.26. The number of aryl methyl sites for hydroxylation is 1. The highest BCUT2D eigenvalue weighted by Crippen LogP contribution is 2.42. The molecule has 2 aliphatic heterocycles. The Balaban J connectivity index is 1.10. The molecule has 2 amide bonds. The molecule has 4 N–H and O–H groups in total. The van der Waals surface area contributed by atoms with Crippen molar-refractivity contribution in [3.8, 4) is 39.5 Å². The lowest BCUT2D eigenvalue weighted by Gasteiger charge is -2.28. The molecule has 11 heteroatoms. The second-order valence-corrected chi connectivity index (χ2v) is 13.8. The van der Waals surface area contributed by atoms with E-state index in [-0.39, 0.29) is 29.9 Å². The number of halogens is 2. The summed E-state index contributed by atoms with van der Waals surface area (Å²) in [5, 5.41) is 14.2. The molecule has 2 aromatic carbocycles. The molecule has 0 bridgehead atoms. The average molecular weight is 700 g/mol. The maximum atomic E-state index is 11.6. The van der Waals surface area contributed by atoms with Gasteiger partial charge in [-0.25, -0.2) is 4.98 Å². The van der Waals surface area contributed by atoms with Gasteiger partial charge < -0.3 is 26.0 Å². The van der Waals surface area contributed by atoms with Crippen molar-refractivity contribution in [2.24, 2.45) is 0 Å². The summed E-state index contributed by atoms with van der Waals surface area (Å²) in [5.74, 6) is 0.762. The van der Waals surface area contributed by atoms with Crippen molar-refractivity contribution in [3.63, 3.8) is 0 Å². The normalized spacial score (nSPS) is 20.2. The molecule has 0 radical (unpaired) electrons. The maximum Gasteiger partial charge on any atom is 0.220 e. The molecule has 4 aromatic rings. The smallest absolute Gasteiger partial charge is 0.220 e. The van der Waals surface area contributed by atoms with Gasteiger partial charge in [-0.2, -0.15) is 0 Å². The second kappa shape index (κ2) is 14.8. The van der Waals surface area contributed by atoms with E-state index in [1.165, 1.54) is 11.1 Å². The first-order chi connectivity index (χ1) is 23.9. The van der Waals surface area contributed by atoms with Gasteiger partial charge in [-0.1, -0.05) is 59.6 Å². The monoisotopic (exact) mass is 698 g/mol. The number of carbonyl (C=O) groups is 2. The van der Waals surface area contributed by atoms with Crippen LogP contribution in [-0.4, -0.2) is 54.1 Å². The molecule has 49 heavy (non-hydrogen) atoms. The Morgan fingerprint density at radius 1 is 0.857 bits per heavy atom. The van der Waals surface area contributed by atoms with Gasteiger partial charge in [0.1, 0.15) is 0 Å². The Bertz CT molecular complexity index is 1880. The number of rotatable bonds is 11. The van der Waals surface area contributed by atoms with Crippen molar-refractivity contribution in [2.75, 3.05) is 20.2 Å². The minimum atomic E-state index is 0.105. The Hall–Kier alpha value is -4.02. The predicted octanol–water partition coefficient (Wildman–Crippen LogP) is 6.41. The Morgan fingerprint density at radius 2 is 1.61 bits per heavy atom. The number of methoxy groups -OCH3 is 1. The van der Waals surface area contributed by atoms with Gasteiger partial charge in [-0.3, -0.25) is 14.6 Å². The molecule has 3 atom stereocenters. The lowest BCUT2D eigenvalue weighted by atomic mass is 9.86. The number of hydrogen-bond donors (Lipinski definition) is 4. The molecule has 2 fully saturated rings. The molecule has 1 aliphatic carbocycles. The van der Waals surface area contributed by atoms with Crippen molar-refractivity contribution >= 4 is 35.0 Å². The van der Waals surface area contributed by atoms with E-state index in [1.54, 1.807) is 13.3 Å². The van der Waals surface area contributed by atoms with Gasteiger partial charge in [0.15, 0.2) is 0 Å². The lowest BCUT2D eigenvalue weighted by Crippen LogP contribution is -2.38. The van der Waals surface area contributed by atoms with Crippen molar-refractivity contribution in [2.45, 2.75) is 69.6 Å². The number of ether oxygens (including phenoxy) is 1. The highest BCUT2D eigenvalue weighted by atomic mass is 35.5. The van der Waals surface area contributed by atoms with Crippen molar-refractivity contribution in [3.05, 3.63) is 87.5 Å². The fraction of sp³-hybridized carbons (Fsp3) is 0.368. The van der Waals surface area contributed by atoms with E-state index in [9.17, 15) is 9.59 Å². The van der Waals surface area contributed by atoms with Crippen LogP contribution in [0.2, 0.25) is 10.0 Å². The van der Waals surface area contributed by atoms with Crippen LogP contribution in [0, 0.1) is 0 Å². The Labute approximate surface area is 296 Å². The van der Waals surface area contributed by atoms with Crippen molar-refractivity contribution in [1.82, 2.24) is 31.2 Å². The first-order valence-electron chi connectivity index (χ1n) is 17.0. The second-order valence-electron chi connectivity index (χ2n) is 13.1. The number of pyridine rings is 2. The molecule has 3 aliphatic rings. The number of nitrogens with one attached hydrogen (secondary N) is 4. The first-order valence-corrected chi connectivity index (χ1v) is 17.8. The molecule has 4 heterocycles. The average Bonchev–Trinajstić information content (AvgIpc) is 3.74. The van der Waals surface area contributed by atoms with Crippen molar-refractivity contribution < 1.29 is 14.3 Å². The summed E-state index contributed by atoms with van der Waals surface area (Å²) < 4.78 is 5.66. The molecular formula is C38H40Cl2N6O3. The number of carbonyl (C=O) groups excluding carboxylic acids is 2. The predicted molar refractivity (Wildman–Crippen MR) is 193 cm³/mol. The van der Waals surface area contributed by atoms with Gasteiger partial charge in [0, 0.05) is 84.6 Å². The Morgan fingerprint density at radius 3 is 2.37 bits per heavy atom. The van der Waals surface area contributed by atoms with Crippen molar-refractivity contribution in [1.29, 1.82) is 0 Å². The summed E-state index contributed by atoms with van der Waals surface area (Å²) in [5.41, 5.74) is 8.23. The molecule has 7 rings (SSSR count). The zero-order valence-electron chi connectivity index (χ0n) is 27.5. The number of fused-ring (bicyclic) bond motifs is 1. The first kappa shape index (κ1) is 33.5. The van der Waals surface area contributed by atoms with Gasteiger partial charge in [-0.15, -0.1) is 0 Å². The molecule has 2 saturated heterocycles. The van der Waals surface area contributed by atoms with E-state index in [1.807, 2.05) is 36.4 Å². The minimum absolute atomic E-state index is 0.105. The summed E-state index contributed by atoms with van der Waals surface area (Å²) in [6, 6.07) is 18.8. The van der Waals surface area contributed by atoms with Gasteiger partial charge in [-0.05, 0) is 61.4 Å². The van der Waals surface area contributed by atoms with E-state index in [2.05, 4.69) is 39.5 Å². The fourth-order valence-corrected chi connectivity index (χ4v) is 7.87. The zero-order chi connectivity index (χ0) is 33.9. The molecule has 2 aromatic heterocycles. The third-order valence-corrected chi connectivity index (χ3v) is 10.6. The summed E-state index contributed by atoms with van der Waals surface area (Å²) in [6.07, 6.45) is 7.85. The number of hydrogen-bond acceptors (Lipinski definition) is 7. The number of amides is 2. The van der Waals surface area contributed by atoms with Crippen LogP contribution < -0.4 is 26.0 Å². The van der Waals surface area contributed by atoms with Crippen LogP contribution >= 0.6 is 23.2 Å². The largest absolute Gasteiger partial charge is 0.481 e. The standard InChI is InChI=1S/C38H40Cl2N6O3/c1-49-38-24(19-41-20-25-10-14-33(47)44-25)9-13-32(46-38)30-6-3-5-28(35(30)39)29-16-17-42-37(36(29)40)23-8-12-27-22(18-23)4-2-7-31(27)43-21-26-11-15-34(48)45-26/h3,5-6,8-9,12-13,16-18,25-26,31,41,43H,2,4,7,10-11,14-15,19-21H2,1H3,(H,44,47)(H,45,48)/t25-,26+,31?/m0/s1. The Kier molecular flexibility index (Phi) is 10.1. The van der Waals surface area contributed by atoms with Crippen LogP contribution in [0.4, 0.5) is 0 Å². The van der Waals surface area contributed by atoms with Crippen LogP contribution in [0.3, 0.4) is 0 Å². The van der Waals surface area contributed by atoms with E-state index in [4.69, 9.17) is 37.9 Å². The summed E-state index contributed by atoms with van der Waals surface area (Å²) in [6.45, 7) is 2.02. The third-order valence-electron chi connectivity index (χ3n) is 9.80. The van der Waals surface area contributed by atoms with E-state index in [0.29, 0.717) is 53.2 Å². The zero-order valence-corrected chi connectivity index (χ0v) is 29.0. The molecule has 0 spiro atoms. The van der Waals surface area contributed by atoms with Crippen LogP contribution in [0.5, 0.6) is 5.88 Å². The van der Waals surface area contributed by atoms with E-state index in [0.717, 1.165) is 66.5 Å². The summed E-state index contributed by atoms with van der Waals surface area (Å²) in [4.78, 5) is 32.7. The quantitative estimate of drug-likeness (QED) is 0.143. The van der Waals surface area contributed by atoms with Gasteiger partial charge in [0.25, 0.3) is 0 Å². The summed E-state index contributed by atoms with van der Waals surface area (Å²) >= 11 is 14.2. The van der Waals surface area contributed by atoms with Crippen LogP contribution in [0.1, 0.15) is 61.3 Å². The maximum absolute atomic E-state index is 11.6. The highest BCUT2D eigenvalue weighted by molar-refractivity contribution is 6.39. The minimum Gasteiger partial charge on any atom is -0.481 e. The van der Waals surface area contributed by atoms with E-state index >= 15 is 0 Å². The number of benzene rings is 2. The number of aromatic nitrogens is 2. The SMILES string of the molecule is COc1nc(-c2cccc(-c3ccnc(-c4ccc5c(c4)CCCC5NC[C@H]4CCC(=O)N4)c3Cl)c2Cl)ccc1CNC[C@@H]1CCC(=O)N1. The molecule has 1 unspecified atom stereocenters. The van der Waals surface area contributed by atoms with Gasteiger partial charge >= 0.3 is 0 Å². The molecule has 0 saturated carbocycles. The molecule has 254 valence electrons.